The molecule has 0 atom stereocenters. The Hall–Kier alpha value is -2.32. The highest BCUT2D eigenvalue weighted by Crippen LogP contribution is 2.20. The number of nitrogens with zero attached hydrogens (tertiary/aromatic N) is 1. The van der Waals surface area contributed by atoms with Gasteiger partial charge in [0.05, 0.1) is 0 Å². The second kappa shape index (κ2) is 7.92. The highest BCUT2D eigenvalue weighted by Gasteiger charge is 2.45. The molecule has 0 spiro atoms. The number of carbonyl (C=O) groups excluding carboxylic acids is 4. The molecule has 26 heavy (non-hydrogen) atoms. The average molecular weight is 402 g/mol. The van der Waals surface area contributed by atoms with Crippen LogP contribution in [0.15, 0.2) is 18.2 Å². The van der Waals surface area contributed by atoms with Crippen LogP contribution in [0.2, 0.25) is 10.0 Å². The molecule has 1 aromatic carbocycles. The van der Waals surface area contributed by atoms with Gasteiger partial charge in [-0.2, -0.15) is 0 Å². The third-order valence-electron chi connectivity index (χ3n) is 3.59. The fraction of sp³-hybridized carbons (Fsp3) is 0.375. The van der Waals surface area contributed by atoms with Gasteiger partial charge in [0.1, 0.15) is 12.1 Å². The number of nitrogens with one attached hydrogen (secondary N) is 2. The molecule has 4 amide bonds. The molecule has 0 aromatic heterocycles. The normalized spacial score (nSPS) is 15.6. The molecule has 1 aliphatic heterocycles. The van der Waals surface area contributed by atoms with E-state index in [1.807, 2.05) is 0 Å². The van der Waals surface area contributed by atoms with Crippen molar-refractivity contribution in [3.05, 3.63) is 33.8 Å². The molecular formula is C16H17Cl2N3O5. The number of carbonyl (C=O) groups is 4. The quantitative estimate of drug-likeness (QED) is 0.554. The predicted octanol–water partition coefficient (Wildman–Crippen LogP) is 1.48. The molecule has 2 N–H and O–H groups in total. The Morgan fingerprint density at radius 3 is 2.54 bits per heavy atom. The van der Waals surface area contributed by atoms with Crippen molar-refractivity contribution >= 4 is 47.0 Å². The lowest BCUT2D eigenvalue weighted by molar-refractivity contribution is -0.151. The zero-order valence-corrected chi connectivity index (χ0v) is 15.6. The third kappa shape index (κ3) is 4.86. The summed E-state index contributed by atoms with van der Waals surface area (Å²) in [5.74, 6) is -1.96. The van der Waals surface area contributed by atoms with Crippen LogP contribution in [0.5, 0.6) is 0 Å². The van der Waals surface area contributed by atoms with Crippen molar-refractivity contribution in [2.75, 3.05) is 13.2 Å². The fourth-order valence-electron chi connectivity index (χ4n) is 2.19. The predicted molar refractivity (Wildman–Crippen MR) is 93.6 cm³/mol. The van der Waals surface area contributed by atoms with E-state index < -0.39 is 42.5 Å². The molecular weight excluding hydrogens is 385 g/mol. The topological polar surface area (TPSA) is 105 Å². The van der Waals surface area contributed by atoms with Gasteiger partial charge in [0.2, 0.25) is 0 Å². The van der Waals surface area contributed by atoms with Crippen LogP contribution in [-0.2, 0) is 25.7 Å². The lowest BCUT2D eigenvalue weighted by Gasteiger charge is -2.15. The van der Waals surface area contributed by atoms with Crippen LogP contribution in [0, 0.1) is 0 Å². The van der Waals surface area contributed by atoms with Crippen LogP contribution in [0.1, 0.15) is 19.4 Å². The molecule has 8 nitrogen and oxygen atoms in total. The van der Waals surface area contributed by atoms with Crippen molar-refractivity contribution in [2.45, 2.75) is 25.9 Å². The first-order chi connectivity index (χ1) is 12.1. The lowest BCUT2D eigenvalue weighted by Crippen LogP contribution is -2.41. The van der Waals surface area contributed by atoms with Gasteiger partial charge in [0.25, 0.3) is 11.8 Å². The van der Waals surface area contributed by atoms with Gasteiger partial charge < -0.3 is 15.4 Å². The van der Waals surface area contributed by atoms with E-state index in [9.17, 15) is 19.2 Å². The van der Waals surface area contributed by atoms with Crippen LogP contribution >= 0.6 is 23.2 Å². The average Bonchev–Trinajstić information content (AvgIpc) is 2.74. The Morgan fingerprint density at radius 1 is 1.27 bits per heavy atom. The van der Waals surface area contributed by atoms with Gasteiger partial charge in [-0.25, -0.2) is 4.79 Å². The van der Waals surface area contributed by atoms with Crippen LogP contribution < -0.4 is 10.6 Å². The molecule has 2 rings (SSSR count). The van der Waals surface area contributed by atoms with E-state index in [0.29, 0.717) is 15.6 Å². The minimum absolute atomic E-state index is 0.133. The van der Waals surface area contributed by atoms with Crippen molar-refractivity contribution in [3.8, 4) is 0 Å². The molecule has 0 bridgehead atoms. The maximum atomic E-state index is 12.0. The van der Waals surface area contributed by atoms with E-state index in [2.05, 4.69) is 10.6 Å². The zero-order valence-electron chi connectivity index (χ0n) is 14.1. The first-order valence-corrected chi connectivity index (χ1v) is 8.36. The van der Waals surface area contributed by atoms with Crippen molar-refractivity contribution in [3.63, 3.8) is 0 Å². The molecule has 0 aliphatic carbocycles. The van der Waals surface area contributed by atoms with Gasteiger partial charge in [-0.1, -0.05) is 29.3 Å². The van der Waals surface area contributed by atoms with E-state index >= 15 is 0 Å². The molecule has 0 saturated carbocycles. The Labute approximate surface area is 159 Å². The number of benzene rings is 1. The molecule has 10 heteroatoms. The second-order valence-corrected chi connectivity index (χ2v) is 6.96. The standard InChI is InChI=1S/C16H17Cl2N3O5/c1-16(2)14(24)21(15(25)20-16)7-13(23)26-8-12(22)19-6-9-3-4-10(17)5-11(9)18/h3-5H,6-8H2,1-2H3,(H,19,22)(H,20,25). The third-order valence-corrected chi connectivity index (χ3v) is 4.17. The highest BCUT2D eigenvalue weighted by molar-refractivity contribution is 6.35. The molecule has 0 unspecified atom stereocenters. The van der Waals surface area contributed by atoms with E-state index in [1.54, 1.807) is 18.2 Å². The molecule has 140 valence electrons. The minimum Gasteiger partial charge on any atom is -0.454 e. The summed E-state index contributed by atoms with van der Waals surface area (Å²) in [6.45, 7) is 2.07. The smallest absolute Gasteiger partial charge is 0.326 e. The first-order valence-electron chi connectivity index (χ1n) is 7.60. The van der Waals surface area contributed by atoms with Crippen LogP contribution in [0.25, 0.3) is 0 Å². The number of halogens is 2. The summed E-state index contributed by atoms with van der Waals surface area (Å²) in [7, 11) is 0. The van der Waals surface area contributed by atoms with Crippen molar-refractivity contribution in [1.29, 1.82) is 0 Å². The lowest BCUT2D eigenvalue weighted by atomic mass is 10.1. The van der Waals surface area contributed by atoms with Gasteiger partial charge in [0, 0.05) is 16.6 Å². The number of hydrogen-bond acceptors (Lipinski definition) is 5. The Kier molecular flexibility index (Phi) is 6.09. The van der Waals surface area contributed by atoms with Gasteiger partial charge >= 0.3 is 12.0 Å². The summed E-state index contributed by atoms with van der Waals surface area (Å²) in [6.07, 6.45) is 0. The maximum Gasteiger partial charge on any atom is 0.326 e. The summed E-state index contributed by atoms with van der Waals surface area (Å²) in [5, 5.41) is 5.85. The molecule has 1 saturated heterocycles. The molecule has 1 aromatic rings. The molecule has 1 aliphatic rings. The monoisotopic (exact) mass is 401 g/mol. The van der Waals surface area contributed by atoms with Crippen molar-refractivity contribution < 1.29 is 23.9 Å². The van der Waals surface area contributed by atoms with Gasteiger partial charge in [-0.15, -0.1) is 0 Å². The SMILES string of the molecule is CC1(C)NC(=O)N(CC(=O)OCC(=O)NCc2ccc(Cl)cc2Cl)C1=O. The number of ether oxygens (including phenoxy) is 1. The summed E-state index contributed by atoms with van der Waals surface area (Å²) in [6, 6.07) is 4.16. The summed E-state index contributed by atoms with van der Waals surface area (Å²) < 4.78 is 4.79. The Morgan fingerprint density at radius 2 is 1.96 bits per heavy atom. The van der Waals surface area contributed by atoms with E-state index in [1.165, 1.54) is 13.8 Å². The summed E-state index contributed by atoms with van der Waals surface area (Å²) >= 11 is 11.8. The van der Waals surface area contributed by atoms with Crippen LogP contribution in [0.3, 0.4) is 0 Å². The van der Waals surface area contributed by atoms with Crippen molar-refractivity contribution in [1.82, 2.24) is 15.5 Å². The van der Waals surface area contributed by atoms with Crippen LogP contribution in [-0.4, -0.2) is 47.4 Å². The maximum absolute atomic E-state index is 12.0. The first kappa shape index (κ1) is 20.0. The van der Waals surface area contributed by atoms with Gasteiger partial charge in [-0.3, -0.25) is 19.3 Å². The number of esters is 1. The summed E-state index contributed by atoms with van der Waals surface area (Å²) in [4.78, 5) is 47.9. The number of rotatable bonds is 6. The Balaban J connectivity index is 1.77. The van der Waals surface area contributed by atoms with Gasteiger partial charge in [-0.05, 0) is 31.5 Å². The second-order valence-electron chi connectivity index (χ2n) is 6.12. The molecule has 0 radical (unpaired) electrons. The van der Waals surface area contributed by atoms with E-state index in [-0.39, 0.29) is 6.54 Å². The number of urea groups is 1. The molecule has 1 fully saturated rings. The van der Waals surface area contributed by atoms with Gasteiger partial charge in [0.15, 0.2) is 6.61 Å². The fourth-order valence-corrected chi connectivity index (χ4v) is 2.67. The zero-order chi connectivity index (χ0) is 19.5. The number of amides is 4. The van der Waals surface area contributed by atoms with E-state index in [0.717, 1.165) is 4.90 Å². The van der Waals surface area contributed by atoms with Crippen LogP contribution in [0.4, 0.5) is 4.79 Å². The van der Waals surface area contributed by atoms with Crippen molar-refractivity contribution in [2.24, 2.45) is 0 Å². The summed E-state index contributed by atoms with van der Waals surface area (Å²) in [5.41, 5.74) is -0.427. The number of imide groups is 1. The highest BCUT2D eigenvalue weighted by atomic mass is 35.5. The Bertz CT molecular complexity index is 766. The van der Waals surface area contributed by atoms with E-state index in [4.69, 9.17) is 27.9 Å². The molecule has 1 heterocycles. The number of hydrogen-bond donors (Lipinski definition) is 2. The largest absolute Gasteiger partial charge is 0.454 e. The minimum atomic E-state index is -1.08.